The van der Waals surface area contributed by atoms with Crippen LogP contribution in [0.1, 0.15) is 35.7 Å². The molecule has 2 heterocycles. The van der Waals surface area contributed by atoms with Gasteiger partial charge in [-0.1, -0.05) is 24.6 Å². The first-order valence-corrected chi connectivity index (χ1v) is 8.93. The van der Waals surface area contributed by atoms with E-state index < -0.39 is 0 Å². The average Bonchev–Trinajstić information content (AvgIpc) is 3.32. The maximum absolute atomic E-state index is 12.2. The van der Waals surface area contributed by atoms with Crippen molar-refractivity contribution in [3.05, 3.63) is 42.2 Å². The van der Waals surface area contributed by atoms with Crippen LogP contribution in [0.4, 0.5) is 5.95 Å². The Morgan fingerprint density at radius 1 is 1.26 bits per heavy atom. The number of carbonyl (C=O) groups is 1. The second-order valence-electron chi connectivity index (χ2n) is 6.64. The molecule has 0 amide bonds. The van der Waals surface area contributed by atoms with Crippen LogP contribution in [-0.2, 0) is 4.74 Å². The van der Waals surface area contributed by atoms with Crippen LogP contribution in [-0.4, -0.2) is 39.2 Å². The molecule has 2 atom stereocenters. The number of hydrogen-bond donors (Lipinski definition) is 1. The van der Waals surface area contributed by atoms with Gasteiger partial charge in [-0.15, -0.1) is 0 Å². The van der Waals surface area contributed by atoms with E-state index in [4.69, 9.17) is 15.2 Å². The number of nitrogen functional groups attached to an aromatic ring is 1. The number of anilines is 1. The molecule has 1 aromatic carbocycles. The van der Waals surface area contributed by atoms with E-state index in [1.807, 2.05) is 22.8 Å². The molecular formula is C19H21N5O3. The summed E-state index contributed by atoms with van der Waals surface area (Å²) in [6.45, 7) is 0.357. The van der Waals surface area contributed by atoms with Gasteiger partial charge in [-0.05, 0) is 25.0 Å². The summed E-state index contributed by atoms with van der Waals surface area (Å²) in [5.41, 5.74) is 7.60. The maximum Gasteiger partial charge on any atom is 0.338 e. The lowest BCUT2D eigenvalue weighted by atomic mass is 10.0. The van der Waals surface area contributed by atoms with E-state index in [-0.39, 0.29) is 23.9 Å². The minimum Gasteiger partial charge on any atom is -0.479 e. The summed E-state index contributed by atoms with van der Waals surface area (Å²) in [5, 5.41) is 0. The Hall–Kier alpha value is -3.16. The van der Waals surface area contributed by atoms with Crippen LogP contribution in [0, 0.1) is 5.92 Å². The van der Waals surface area contributed by atoms with E-state index in [0.29, 0.717) is 29.2 Å². The monoisotopic (exact) mass is 367 g/mol. The predicted octanol–water partition coefficient (Wildman–Crippen LogP) is 2.62. The number of ether oxygens (including phenoxy) is 2. The van der Waals surface area contributed by atoms with Gasteiger partial charge in [0, 0.05) is 12.0 Å². The fourth-order valence-electron chi connectivity index (χ4n) is 3.71. The van der Waals surface area contributed by atoms with Crippen molar-refractivity contribution < 1.29 is 14.3 Å². The fourth-order valence-corrected chi connectivity index (χ4v) is 3.71. The van der Waals surface area contributed by atoms with Crippen LogP contribution < -0.4 is 10.5 Å². The van der Waals surface area contributed by atoms with Gasteiger partial charge >= 0.3 is 5.97 Å². The van der Waals surface area contributed by atoms with Gasteiger partial charge in [0.05, 0.1) is 25.6 Å². The van der Waals surface area contributed by atoms with Gasteiger partial charge in [0.15, 0.2) is 11.2 Å². The summed E-state index contributed by atoms with van der Waals surface area (Å²) in [6.07, 6.45) is 4.73. The van der Waals surface area contributed by atoms with E-state index in [1.54, 1.807) is 18.5 Å². The average molecular weight is 367 g/mol. The first-order chi connectivity index (χ1) is 13.2. The summed E-state index contributed by atoms with van der Waals surface area (Å²) < 4.78 is 12.8. The highest BCUT2D eigenvalue weighted by molar-refractivity contribution is 5.89. The first kappa shape index (κ1) is 17.3. The van der Waals surface area contributed by atoms with E-state index in [9.17, 15) is 4.79 Å². The molecule has 3 aromatic rings. The fraction of sp³-hybridized carbons (Fsp3) is 0.368. The minimum atomic E-state index is -0.301. The highest BCUT2D eigenvalue weighted by Gasteiger charge is 2.32. The van der Waals surface area contributed by atoms with Gasteiger partial charge in [-0.3, -0.25) is 0 Å². The second-order valence-corrected chi connectivity index (χ2v) is 6.64. The van der Waals surface area contributed by atoms with Crippen LogP contribution in [0.2, 0.25) is 0 Å². The Morgan fingerprint density at radius 3 is 2.85 bits per heavy atom. The number of benzene rings is 1. The zero-order valence-corrected chi connectivity index (χ0v) is 15.0. The lowest BCUT2D eigenvalue weighted by Gasteiger charge is -2.21. The van der Waals surface area contributed by atoms with Crippen molar-refractivity contribution >= 4 is 23.1 Å². The smallest absolute Gasteiger partial charge is 0.338 e. The van der Waals surface area contributed by atoms with Crippen molar-refractivity contribution in [1.29, 1.82) is 0 Å². The van der Waals surface area contributed by atoms with Crippen molar-refractivity contribution in [2.24, 2.45) is 5.92 Å². The zero-order valence-electron chi connectivity index (χ0n) is 15.0. The van der Waals surface area contributed by atoms with Crippen LogP contribution in [0.15, 0.2) is 36.7 Å². The van der Waals surface area contributed by atoms with Crippen molar-refractivity contribution in [2.75, 3.05) is 19.5 Å². The number of fused-ring (bicyclic) bond motifs is 1. The number of carbonyl (C=O) groups excluding carboxylic acids is 1. The minimum absolute atomic E-state index is 0.137. The van der Waals surface area contributed by atoms with Gasteiger partial charge in [-0.25, -0.2) is 9.78 Å². The summed E-state index contributed by atoms with van der Waals surface area (Å²) in [7, 11) is 1.53. The molecule has 8 heteroatoms. The molecule has 0 saturated heterocycles. The summed E-state index contributed by atoms with van der Waals surface area (Å²) in [5.74, 6) is 0.398. The highest BCUT2D eigenvalue weighted by Crippen LogP contribution is 2.38. The summed E-state index contributed by atoms with van der Waals surface area (Å²) >= 11 is 0. The number of methoxy groups -OCH3 is 1. The standard InChI is InChI=1S/C19H21N5O3/c1-26-17-15-16(22-19(20)23-17)24(11-21-15)14-9-5-8-13(14)10-27-18(25)12-6-3-2-4-7-12/h2-4,6-7,11,13-14H,5,8-10H2,1H3,(H2,20,22,23)/t13-,14+/m0/s1. The Balaban J connectivity index is 1.54. The lowest BCUT2D eigenvalue weighted by molar-refractivity contribution is 0.0415. The molecule has 1 aliphatic rings. The number of aromatic nitrogens is 4. The molecule has 0 radical (unpaired) electrons. The molecule has 0 unspecified atom stereocenters. The number of nitrogens with zero attached hydrogens (tertiary/aromatic N) is 4. The van der Waals surface area contributed by atoms with Gasteiger partial charge in [0.25, 0.3) is 0 Å². The Labute approximate surface area is 156 Å². The van der Waals surface area contributed by atoms with E-state index in [0.717, 1.165) is 19.3 Å². The van der Waals surface area contributed by atoms with Crippen LogP contribution in [0.3, 0.4) is 0 Å². The number of imidazole rings is 1. The molecule has 2 aromatic heterocycles. The van der Waals surface area contributed by atoms with Crippen molar-refractivity contribution in [1.82, 2.24) is 19.5 Å². The van der Waals surface area contributed by atoms with Crippen molar-refractivity contribution in [2.45, 2.75) is 25.3 Å². The quantitative estimate of drug-likeness (QED) is 0.691. The Bertz CT molecular complexity index is 957. The molecule has 140 valence electrons. The topological polar surface area (TPSA) is 105 Å². The molecule has 2 N–H and O–H groups in total. The summed E-state index contributed by atoms with van der Waals surface area (Å²) in [4.78, 5) is 25.1. The molecule has 0 bridgehead atoms. The normalized spacial score (nSPS) is 19.3. The first-order valence-electron chi connectivity index (χ1n) is 8.93. The third kappa shape index (κ3) is 3.30. The molecule has 0 aliphatic heterocycles. The van der Waals surface area contributed by atoms with Crippen LogP contribution in [0.5, 0.6) is 5.88 Å². The van der Waals surface area contributed by atoms with Crippen molar-refractivity contribution in [3.8, 4) is 5.88 Å². The van der Waals surface area contributed by atoms with E-state index in [2.05, 4.69) is 15.0 Å². The van der Waals surface area contributed by atoms with Gasteiger partial charge in [0.1, 0.15) is 0 Å². The van der Waals surface area contributed by atoms with Crippen LogP contribution in [0.25, 0.3) is 11.2 Å². The molecule has 1 fully saturated rings. The molecule has 1 aliphatic carbocycles. The largest absolute Gasteiger partial charge is 0.479 e. The Kier molecular flexibility index (Phi) is 4.62. The van der Waals surface area contributed by atoms with Crippen LogP contribution >= 0.6 is 0 Å². The predicted molar refractivity (Wildman–Crippen MR) is 99.4 cm³/mol. The molecular weight excluding hydrogens is 346 g/mol. The zero-order chi connectivity index (χ0) is 18.8. The number of rotatable bonds is 5. The Morgan fingerprint density at radius 2 is 2.07 bits per heavy atom. The third-order valence-electron chi connectivity index (χ3n) is 5.01. The molecule has 4 rings (SSSR count). The van der Waals surface area contributed by atoms with E-state index in [1.165, 1.54) is 7.11 Å². The second kappa shape index (κ2) is 7.22. The van der Waals surface area contributed by atoms with Gasteiger partial charge in [-0.2, -0.15) is 9.97 Å². The van der Waals surface area contributed by atoms with E-state index >= 15 is 0 Å². The molecule has 0 spiro atoms. The number of hydrogen-bond acceptors (Lipinski definition) is 7. The molecule has 27 heavy (non-hydrogen) atoms. The maximum atomic E-state index is 12.2. The van der Waals surface area contributed by atoms with Crippen molar-refractivity contribution in [3.63, 3.8) is 0 Å². The molecule has 8 nitrogen and oxygen atoms in total. The van der Waals surface area contributed by atoms with Gasteiger partial charge in [0.2, 0.25) is 11.8 Å². The third-order valence-corrected chi connectivity index (χ3v) is 5.01. The summed E-state index contributed by atoms with van der Waals surface area (Å²) in [6, 6.07) is 9.16. The SMILES string of the molecule is COc1nc(N)nc2c1ncn2[C@@H]1CCC[C@H]1COC(=O)c1ccccc1. The molecule has 1 saturated carbocycles. The number of esters is 1. The highest BCUT2D eigenvalue weighted by atomic mass is 16.5. The van der Waals surface area contributed by atoms with Gasteiger partial charge < -0.3 is 19.8 Å². The lowest BCUT2D eigenvalue weighted by Crippen LogP contribution is -2.21. The number of nitrogens with two attached hydrogens (primary N) is 1.